The van der Waals surface area contributed by atoms with Gasteiger partial charge >= 0.3 is 6.61 Å². The minimum atomic E-state index is -2.96. The van der Waals surface area contributed by atoms with E-state index in [9.17, 15) is 18.0 Å². The van der Waals surface area contributed by atoms with Crippen LogP contribution in [0.3, 0.4) is 0 Å². The van der Waals surface area contributed by atoms with Gasteiger partial charge < -0.3 is 9.47 Å². The maximum absolute atomic E-state index is 13.1. The molecule has 1 heterocycles. The van der Waals surface area contributed by atoms with E-state index < -0.39 is 12.4 Å². The molecule has 2 aromatic carbocycles. The van der Waals surface area contributed by atoms with Gasteiger partial charge in [0.15, 0.2) is 0 Å². The number of ether oxygens (including phenoxy) is 2. The SMILES string of the molecule is O=CC1=C(c2ccc(F)cc2)c2cc(OC(F)F)ccc2OC1. The molecule has 118 valence electrons. The molecular formula is C17H11F3O3. The van der Waals surface area contributed by atoms with Crippen LogP contribution in [0.2, 0.25) is 0 Å². The van der Waals surface area contributed by atoms with Gasteiger partial charge in [-0.1, -0.05) is 12.1 Å². The number of hydrogen-bond acceptors (Lipinski definition) is 3. The molecule has 0 saturated carbocycles. The average Bonchev–Trinajstić information content (AvgIpc) is 2.54. The maximum Gasteiger partial charge on any atom is 0.387 e. The van der Waals surface area contributed by atoms with E-state index in [0.717, 1.165) is 0 Å². The molecule has 0 aliphatic carbocycles. The highest BCUT2D eigenvalue weighted by Crippen LogP contribution is 2.39. The molecule has 0 radical (unpaired) electrons. The Hall–Kier alpha value is -2.76. The highest BCUT2D eigenvalue weighted by atomic mass is 19.3. The quantitative estimate of drug-likeness (QED) is 0.804. The fraction of sp³-hybridized carbons (Fsp3) is 0.118. The minimum Gasteiger partial charge on any atom is -0.488 e. The third-order valence-electron chi connectivity index (χ3n) is 3.42. The van der Waals surface area contributed by atoms with Gasteiger partial charge in [0, 0.05) is 16.7 Å². The van der Waals surface area contributed by atoms with Crippen molar-refractivity contribution in [3.05, 3.63) is 65.0 Å². The smallest absolute Gasteiger partial charge is 0.387 e. The van der Waals surface area contributed by atoms with Crippen LogP contribution < -0.4 is 9.47 Å². The van der Waals surface area contributed by atoms with E-state index in [-0.39, 0.29) is 12.4 Å². The topological polar surface area (TPSA) is 35.5 Å². The molecule has 2 aromatic rings. The number of carbonyl (C=O) groups excluding carboxylic acids is 1. The van der Waals surface area contributed by atoms with Gasteiger partial charge in [-0.2, -0.15) is 8.78 Å². The van der Waals surface area contributed by atoms with Crippen LogP contribution in [-0.2, 0) is 4.79 Å². The first-order valence-electron chi connectivity index (χ1n) is 6.75. The Labute approximate surface area is 130 Å². The van der Waals surface area contributed by atoms with Crippen molar-refractivity contribution < 1.29 is 27.4 Å². The molecule has 0 atom stereocenters. The lowest BCUT2D eigenvalue weighted by molar-refractivity contribution is -0.105. The van der Waals surface area contributed by atoms with Gasteiger partial charge in [-0.15, -0.1) is 0 Å². The van der Waals surface area contributed by atoms with Crippen molar-refractivity contribution in [2.45, 2.75) is 6.61 Å². The fourth-order valence-corrected chi connectivity index (χ4v) is 2.46. The molecule has 0 saturated heterocycles. The molecule has 0 unspecified atom stereocenters. The molecule has 0 bridgehead atoms. The summed E-state index contributed by atoms with van der Waals surface area (Å²) in [4.78, 5) is 11.3. The second kappa shape index (κ2) is 6.16. The van der Waals surface area contributed by atoms with Crippen LogP contribution in [-0.4, -0.2) is 19.5 Å². The minimum absolute atomic E-state index is 0.0471. The number of fused-ring (bicyclic) bond motifs is 1. The Morgan fingerprint density at radius 3 is 2.52 bits per heavy atom. The van der Waals surface area contributed by atoms with Crippen LogP contribution in [0.25, 0.3) is 5.57 Å². The molecule has 6 heteroatoms. The Morgan fingerprint density at radius 2 is 1.87 bits per heavy atom. The molecule has 0 spiro atoms. The monoisotopic (exact) mass is 320 g/mol. The van der Waals surface area contributed by atoms with E-state index in [0.29, 0.717) is 34.3 Å². The molecule has 3 nitrogen and oxygen atoms in total. The molecule has 1 aliphatic rings. The van der Waals surface area contributed by atoms with E-state index in [2.05, 4.69) is 4.74 Å². The standard InChI is InChI=1S/C17H11F3O3/c18-12-3-1-10(2-4-12)16-11(8-21)9-22-15-6-5-13(7-14(15)16)23-17(19)20/h1-8,17H,9H2. The highest BCUT2D eigenvalue weighted by Gasteiger charge is 2.22. The van der Waals surface area contributed by atoms with Gasteiger partial charge in [0.1, 0.15) is 30.2 Å². The Balaban J connectivity index is 2.14. The predicted molar refractivity (Wildman–Crippen MR) is 77.1 cm³/mol. The molecule has 0 fully saturated rings. The predicted octanol–water partition coefficient (Wildman–Crippen LogP) is 3.82. The number of rotatable bonds is 4. The van der Waals surface area contributed by atoms with Crippen molar-refractivity contribution >= 4 is 11.9 Å². The average molecular weight is 320 g/mol. The fourth-order valence-electron chi connectivity index (χ4n) is 2.46. The van der Waals surface area contributed by atoms with E-state index in [4.69, 9.17) is 4.74 Å². The number of alkyl halides is 2. The summed E-state index contributed by atoms with van der Waals surface area (Å²) in [5, 5.41) is 0. The Morgan fingerprint density at radius 1 is 1.13 bits per heavy atom. The van der Waals surface area contributed by atoms with Crippen LogP contribution in [0.1, 0.15) is 11.1 Å². The largest absolute Gasteiger partial charge is 0.488 e. The molecule has 0 N–H and O–H groups in total. The summed E-state index contributed by atoms with van der Waals surface area (Å²) in [6.45, 7) is -2.90. The number of hydrogen-bond donors (Lipinski definition) is 0. The summed E-state index contributed by atoms with van der Waals surface area (Å²) in [5.41, 5.74) is 1.90. The van der Waals surface area contributed by atoms with Gasteiger partial charge in [0.05, 0.1) is 0 Å². The van der Waals surface area contributed by atoms with E-state index in [1.165, 1.54) is 42.5 Å². The summed E-state index contributed by atoms with van der Waals surface area (Å²) in [6, 6.07) is 9.80. The van der Waals surface area contributed by atoms with Gasteiger partial charge in [-0.05, 0) is 35.9 Å². The van der Waals surface area contributed by atoms with Crippen molar-refractivity contribution in [3.8, 4) is 11.5 Å². The lowest BCUT2D eigenvalue weighted by Gasteiger charge is -2.22. The van der Waals surface area contributed by atoms with Gasteiger partial charge in [0.2, 0.25) is 0 Å². The zero-order valence-corrected chi connectivity index (χ0v) is 11.8. The molecule has 0 amide bonds. The maximum atomic E-state index is 13.1. The van der Waals surface area contributed by atoms with Crippen molar-refractivity contribution in [2.24, 2.45) is 0 Å². The lowest BCUT2D eigenvalue weighted by atomic mass is 9.91. The first-order valence-corrected chi connectivity index (χ1v) is 6.75. The van der Waals surface area contributed by atoms with Gasteiger partial charge in [-0.3, -0.25) is 4.79 Å². The van der Waals surface area contributed by atoms with E-state index in [1.807, 2.05) is 0 Å². The summed E-state index contributed by atoms with van der Waals surface area (Å²) in [6.07, 6.45) is 0.641. The van der Waals surface area contributed by atoms with Crippen LogP contribution in [0.15, 0.2) is 48.0 Å². The number of benzene rings is 2. The summed E-state index contributed by atoms with van der Waals surface area (Å²) in [5.74, 6) is -0.0188. The van der Waals surface area contributed by atoms with Crippen LogP contribution >= 0.6 is 0 Å². The van der Waals surface area contributed by atoms with Crippen molar-refractivity contribution in [2.75, 3.05) is 6.61 Å². The number of halogens is 3. The molecule has 23 heavy (non-hydrogen) atoms. The van der Waals surface area contributed by atoms with Crippen LogP contribution in [0.4, 0.5) is 13.2 Å². The van der Waals surface area contributed by atoms with Crippen LogP contribution in [0.5, 0.6) is 11.5 Å². The van der Waals surface area contributed by atoms with Gasteiger partial charge in [0.25, 0.3) is 0 Å². The first-order chi connectivity index (χ1) is 11.1. The van der Waals surface area contributed by atoms with Crippen molar-refractivity contribution in [3.63, 3.8) is 0 Å². The zero-order valence-electron chi connectivity index (χ0n) is 11.8. The number of carbonyl (C=O) groups is 1. The lowest BCUT2D eigenvalue weighted by Crippen LogP contribution is -2.13. The van der Waals surface area contributed by atoms with Crippen LogP contribution in [0, 0.1) is 5.82 Å². The van der Waals surface area contributed by atoms with E-state index in [1.54, 1.807) is 0 Å². The number of aldehydes is 1. The third kappa shape index (κ3) is 3.06. The Bertz CT molecular complexity index is 767. The molecule has 1 aliphatic heterocycles. The van der Waals surface area contributed by atoms with Crippen molar-refractivity contribution in [1.82, 2.24) is 0 Å². The third-order valence-corrected chi connectivity index (χ3v) is 3.42. The molecule has 3 rings (SSSR count). The highest BCUT2D eigenvalue weighted by molar-refractivity contribution is 5.97. The van der Waals surface area contributed by atoms with Crippen molar-refractivity contribution in [1.29, 1.82) is 0 Å². The molecular weight excluding hydrogens is 309 g/mol. The Kier molecular flexibility index (Phi) is 4.06. The normalized spacial score (nSPS) is 13.6. The summed E-state index contributed by atoms with van der Waals surface area (Å²) < 4.78 is 47.8. The first kappa shape index (κ1) is 15.1. The van der Waals surface area contributed by atoms with Gasteiger partial charge in [-0.25, -0.2) is 4.39 Å². The summed E-state index contributed by atoms with van der Waals surface area (Å²) >= 11 is 0. The summed E-state index contributed by atoms with van der Waals surface area (Å²) in [7, 11) is 0. The second-order valence-electron chi connectivity index (χ2n) is 4.85. The zero-order chi connectivity index (χ0) is 16.4. The van der Waals surface area contributed by atoms with E-state index >= 15 is 0 Å². The second-order valence-corrected chi connectivity index (χ2v) is 4.85. The molecule has 0 aromatic heterocycles.